The standard InChI is InChI=1S/C15H23N3O2/c1-16-15(14(19)20)8-6-13(11-15)18(2)10-7-12-5-3-4-9-17-12/h3-5,9,13,16H,6-8,10-11H2,1-2H3,(H,19,20). The number of hydrogen-bond donors (Lipinski definition) is 2. The maximum Gasteiger partial charge on any atom is 0.323 e. The minimum absolute atomic E-state index is 0.322. The van der Waals surface area contributed by atoms with Crippen LogP contribution < -0.4 is 5.32 Å². The zero-order valence-corrected chi connectivity index (χ0v) is 12.2. The van der Waals surface area contributed by atoms with Crippen molar-refractivity contribution < 1.29 is 9.90 Å². The lowest BCUT2D eigenvalue weighted by atomic mass is 9.98. The number of carbonyl (C=O) groups is 1. The number of likely N-dealkylation sites (N-methyl/N-ethyl adjacent to an activating group) is 2. The Balaban J connectivity index is 1.88. The number of pyridine rings is 1. The van der Waals surface area contributed by atoms with Crippen LogP contribution in [0.5, 0.6) is 0 Å². The molecule has 1 aromatic heterocycles. The van der Waals surface area contributed by atoms with Gasteiger partial charge in [0, 0.05) is 30.9 Å². The Labute approximate surface area is 120 Å². The fourth-order valence-corrected chi connectivity index (χ4v) is 2.94. The van der Waals surface area contributed by atoms with Crippen LogP contribution in [-0.4, -0.2) is 53.2 Å². The average molecular weight is 277 g/mol. The lowest BCUT2D eigenvalue weighted by Gasteiger charge is -2.27. The van der Waals surface area contributed by atoms with Gasteiger partial charge >= 0.3 is 5.97 Å². The second-order valence-electron chi connectivity index (χ2n) is 5.59. The second kappa shape index (κ2) is 6.33. The van der Waals surface area contributed by atoms with E-state index in [0.717, 1.165) is 25.1 Å². The van der Waals surface area contributed by atoms with Gasteiger partial charge in [-0.15, -0.1) is 0 Å². The highest BCUT2D eigenvalue weighted by Gasteiger charge is 2.45. The van der Waals surface area contributed by atoms with Crippen molar-refractivity contribution in [3.05, 3.63) is 30.1 Å². The Kier molecular flexibility index (Phi) is 4.73. The van der Waals surface area contributed by atoms with Gasteiger partial charge in [-0.05, 0) is 45.5 Å². The molecule has 2 unspecified atom stereocenters. The number of carboxylic acids is 1. The maximum atomic E-state index is 11.4. The fourth-order valence-electron chi connectivity index (χ4n) is 2.94. The van der Waals surface area contributed by atoms with Gasteiger partial charge in [-0.25, -0.2) is 0 Å². The summed E-state index contributed by atoms with van der Waals surface area (Å²) in [5.41, 5.74) is 0.333. The van der Waals surface area contributed by atoms with Crippen LogP contribution in [0.2, 0.25) is 0 Å². The predicted octanol–water partition coefficient (Wildman–Crippen LogP) is 1.15. The number of hydrogen-bond acceptors (Lipinski definition) is 4. The molecule has 20 heavy (non-hydrogen) atoms. The van der Waals surface area contributed by atoms with Gasteiger partial charge in [0.25, 0.3) is 0 Å². The van der Waals surface area contributed by atoms with Crippen LogP contribution in [0.4, 0.5) is 0 Å². The van der Waals surface area contributed by atoms with Gasteiger partial charge in [0.1, 0.15) is 5.54 Å². The Morgan fingerprint density at radius 1 is 1.60 bits per heavy atom. The molecule has 1 heterocycles. The highest BCUT2D eigenvalue weighted by molar-refractivity contribution is 5.79. The molecule has 5 heteroatoms. The van der Waals surface area contributed by atoms with Crippen molar-refractivity contribution in [2.24, 2.45) is 0 Å². The first-order valence-corrected chi connectivity index (χ1v) is 7.10. The SMILES string of the molecule is CNC1(C(=O)O)CCC(N(C)CCc2ccccn2)C1. The zero-order chi connectivity index (χ0) is 14.6. The van der Waals surface area contributed by atoms with Crippen LogP contribution in [-0.2, 0) is 11.2 Å². The normalized spacial score (nSPS) is 26.1. The smallest absolute Gasteiger partial charge is 0.323 e. The third-order valence-electron chi connectivity index (χ3n) is 4.45. The van der Waals surface area contributed by atoms with E-state index >= 15 is 0 Å². The van der Waals surface area contributed by atoms with E-state index < -0.39 is 11.5 Å². The lowest BCUT2D eigenvalue weighted by molar-refractivity contribution is -0.144. The number of carboxylic acid groups (broad SMARTS) is 1. The van der Waals surface area contributed by atoms with Gasteiger partial charge in [0.05, 0.1) is 0 Å². The van der Waals surface area contributed by atoms with Crippen molar-refractivity contribution in [1.29, 1.82) is 0 Å². The minimum atomic E-state index is -0.746. The van der Waals surface area contributed by atoms with Gasteiger partial charge < -0.3 is 15.3 Å². The van der Waals surface area contributed by atoms with E-state index in [-0.39, 0.29) is 0 Å². The van der Waals surface area contributed by atoms with Gasteiger partial charge in [0.2, 0.25) is 0 Å². The third kappa shape index (κ3) is 3.16. The molecule has 110 valence electrons. The molecule has 0 spiro atoms. The van der Waals surface area contributed by atoms with Crippen LogP contribution in [0, 0.1) is 0 Å². The number of nitrogens with zero attached hydrogens (tertiary/aromatic N) is 2. The summed E-state index contributed by atoms with van der Waals surface area (Å²) in [5.74, 6) is -0.736. The quantitative estimate of drug-likeness (QED) is 0.816. The summed E-state index contributed by atoms with van der Waals surface area (Å²) < 4.78 is 0. The van der Waals surface area contributed by atoms with Gasteiger partial charge in [-0.3, -0.25) is 9.78 Å². The summed E-state index contributed by atoms with van der Waals surface area (Å²) in [7, 11) is 3.81. The van der Waals surface area contributed by atoms with E-state index in [0.29, 0.717) is 18.9 Å². The molecule has 1 aliphatic rings. The van der Waals surface area contributed by atoms with Crippen LogP contribution in [0.15, 0.2) is 24.4 Å². The molecular weight excluding hydrogens is 254 g/mol. The maximum absolute atomic E-state index is 11.4. The highest BCUT2D eigenvalue weighted by Crippen LogP contribution is 2.32. The van der Waals surface area contributed by atoms with E-state index in [1.165, 1.54) is 0 Å². The van der Waals surface area contributed by atoms with E-state index in [1.54, 1.807) is 13.2 Å². The molecule has 1 fully saturated rings. The molecule has 2 atom stereocenters. The number of aliphatic carboxylic acids is 1. The van der Waals surface area contributed by atoms with E-state index in [4.69, 9.17) is 0 Å². The number of nitrogens with one attached hydrogen (secondary N) is 1. The molecule has 0 aliphatic heterocycles. The van der Waals surface area contributed by atoms with Crippen LogP contribution in [0.3, 0.4) is 0 Å². The molecular formula is C15H23N3O2. The van der Waals surface area contributed by atoms with Crippen molar-refractivity contribution in [2.75, 3.05) is 20.6 Å². The molecule has 0 bridgehead atoms. The number of rotatable bonds is 6. The first-order valence-electron chi connectivity index (χ1n) is 7.10. The first kappa shape index (κ1) is 14.9. The summed E-state index contributed by atoms with van der Waals surface area (Å²) >= 11 is 0. The van der Waals surface area contributed by atoms with Crippen LogP contribution in [0.1, 0.15) is 25.0 Å². The molecule has 0 saturated heterocycles. The first-order chi connectivity index (χ1) is 9.57. The summed E-state index contributed by atoms with van der Waals surface area (Å²) in [6.45, 7) is 0.904. The van der Waals surface area contributed by atoms with Crippen molar-refractivity contribution in [3.63, 3.8) is 0 Å². The van der Waals surface area contributed by atoms with Crippen molar-refractivity contribution >= 4 is 5.97 Å². The molecule has 2 N–H and O–H groups in total. The summed E-state index contributed by atoms with van der Waals surface area (Å²) in [6.07, 6.45) is 4.98. The molecule has 1 aromatic rings. The van der Waals surface area contributed by atoms with Crippen LogP contribution in [0.25, 0.3) is 0 Å². The highest BCUT2D eigenvalue weighted by atomic mass is 16.4. The largest absolute Gasteiger partial charge is 0.480 e. The average Bonchev–Trinajstić information content (AvgIpc) is 2.92. The second-order valence-corrected chi connectivity index (χ2v) is 5.59. The van der Waals surface area contributed by atoms with Gasteiger partial charge in [-0.1, -0.05) is 6.07 Å². The topological polar surface area (TPSA) is 65.5 Å². The Hall–Kier alpha value is -1.46. The molecule has 2 rings (SSSR count). The van der Waals surface area contributed by atoms with Gasteiger partial charge in [0.15, 0.2) is 0 Å². The van der Waals surface area contributed by atoms with Gasteiger partial charge in [-0.2, -0.15) is 0 Å². The molecule has 0 radical (unpaired) electrons. The summed E-state index contributed by atoms with van der Waals surface area (Å²) in [6, 6.07) is 6.26. The molecule has 0 amide bonds. The third-order valence-corrected chi connectivity index (χ3v) is 4.45. The zero-order valence-electron chi connectivity index (χ0n) is 12.2. The summed E-state index contributed by atoms with van der Waals surface area (Å²) in [4.78, 5) is 18.0. The molecule has 0 aromatic carbocycles. The van der Waals surface area contributed by atoms with Crippen molar-refractivity contribution in [2.45, 2.75) is 37.3 Å². The predicted molar refractivity (Wildman–Crippen MR) is 77.6 cm³/mol. The van der Waals surface area contributed by atoms with Crippen molar-refractivity contribution in [3.8, 4) is 0 Å². The Morgan fingerprint density at radius 3 is 2.95 bits per heavy atom. The summed E-state index contributed by atoms with van der Waals surface area (Å²) in [5, 5.41) is 12.4. The van der Waals surface area contributed by atoms with E-state index in [1.807, 2.05) is 18.2 Å². The molecule has 1 saturated carbocycles. The number of aromatic nitrogens is 1. The minimum Gasteiger partial charge on any atom is -0.480 e. The Morgan fingerprint density at radius 2 is 2.40 bits per heavy atom. The Bertz CT molecular complexity index is 452. The monoisotopic (exact) mass is 277 g/mol. The van der Waals surface area contributed by atoms with E-state index in [9.17, 15) is 9.90 Å². The lowest BCUT2D eigenvalue weighted by Crippen LogP contribution is -2.49. The fraction of sp³-hybridized carbons (Fsp3) is 0.600. The van der Waals surface area contributed by atoms with Crippen molar-refractivity contribution in [1.82, 2.24) is 15.2 Å². The van der Waals surface area contributed by atoms with E-state index in [2.05, 4.69) is 22.2 Å². The van der Waals surface area contributed by atoms with Crippen LogP contribution >= 0.6 is 0 Å². The molecule has 5 nitrogen and oxygen atoms in total. The molecule has 1 aliphatic carbocycles.